The Kier molecular flexibility index (Phi) is 2.07. The summed E-state index contributed by atoms with van der Waals surface area (Å²) < 4.78 is 0. The van der Waals surface area contributed by atoms with Gasteiger partial charge in [0.2, 0.25) is 0 Å². The first-order chi connectivity index (χ1) is 4.34. The predicted octanol–water partition coefficient (Wildman–Crippen LogP) is 1.03. The van der Waals surface area contributed by atoms with Crippen LogP contribution in [0, 0.1) is 17.2 Å². The van der Waals surface area contributed by atoms with Crippen LogP contribution in [-0.2, 0) is 0 Å². The van der Waals surface area contributed by atoms with E-state index in [0.717, 1.165) is 12.8 Å². The van der Waals surface area contributed by atoms with E-state index in [1.165, 1.54) is 12.8 Å². The summed E-state index contributed by atoms with van der Waals surface area (Å²) >= 11 is 0. The molecule has 0 aromatic heterocycles. The van der Waals surface area contributed by atoms with Gasteiger partial charge in [-0.2, -0.15) is 5.26 Å². The van der Waals surface area contributed by atoms with Crippen LogP contribution in [0.3, 0.4) is 0 Å². The molecule has 2 N–H and O–H groups in total. The molecule has 0 amide bonds. The van der Waals surface area contributed by atoms with E-state index in [4.69, 9.17) is 11.0 Å². The standard InChI is InChI=1S/C7H12N2/c8-5-7(9)6-3-1-2-4-6/h6-7H,1-4,9H2/t7-/m1/s1. The Labute approximate surface area is 55.7 Å². The fourth-order valence-corrected chi connectivity index (χ4v) is 1.42. The summed E-state index contributed by atoms with van der Waals surface area (Å²) in [5.74, 6) is 0.495. The lowest BCUT2D eigenvalue weighted by atomic mass is 10.0. The third kappa shape index (κ3) is 1.43. The fraction of sp³-hybridized carbons (Fsp3) is 0.857. The second kappa shape index (κ2) is 2.84. The molecule has 1 aliphatic carbocycles. The minimum absolute atomic E-state index is 0.201. The zero-order valence-corrected chi connectivity index (χ0v) is 5.51. The lowest BCUT2D eigenvalue weighted by Crippen LogP contribution is -2.25. The van der Waals surface area contributed by atoms with Crippen LogP contribution in [0.15, 0.2) is 0 Å². The van der Waals surface area contributed by atoms with E-state index in [9.17, 15) is 0 Å². The number of nitriles is 1. The van der Waals surface area contributed by atoms with Gasteiger partial charge < -0.3 is 5.73 Å². The first-order valence-electron chi connectivity index (χ1n) is 3.50. The highest BCUT2D eigenvalue weighted by Gasteiger charge is 2.20. The zero-order valence-electron chi connectivity index (χ0n) is 5.51. The summed E-state index contributed by atoms with van der Waals surface area (Å²) in [4.78, 5) is 0. The Morgan fingerprint density at radius 1 is 1.44 bits per heavy atom. The molecule has 0 spiro atoms. The Morgan fingerprint density at radius 2 is 2.00 bits per heavy atom. The van der Waals surface area contributed by atoms with Crippen LogP contribution in [0.1, 0.15) is 25.7 Å². The summed E-state index contributed by atoms with van der Waals surface area (Å²) in [6.07, 6.45) is 4.85. The highest BCUT2D eigenvalue weighted by Crippen LogP contribution is 2.26. The first-order valence-corrected chi connectivity index (χ1v) is 3.50. The number of rotatable bonds is 1. The maximum absolute atomic E-state index is 8.42. The van der Waals surface area contributed by atoms with E-state index in [1.807, 2.05) is 0 Å². The maximum atomic E-state index is 8.42. The van der Waals surface area contributed by atoms with Crippen molar-refractivity contribution < 1.29 is 0 Å². The lowest BCUT2D eigenvalue weighted by Gasteiger charge is -2.08. The van der Waals surface area contributed by atoms with Crippen molar-refractivity contribution in [1.29, 1.82) is 5.26 Å². The normalized spacial score (nSPS) is 23.6. The smallest absolute Gasteiger partial charge is 0.0956 e. The molecule has 0 heterocycles. The highest BCUT2D eigenvalue weighted by atomic mass is 14.7. The first kappa shape index (κ1) is 6.57. The minimum Gasteiger partial charge on any atom is -0.316 e. The number of nitrogens with two attached hydrogens (primary N) is 1. The molecule has 2 heteroatoms. The molecule has 0 saturated heterocycles. The molecule has 0 radical (unpaired) electrons. The molecular weight excluding hydrogens is 112 g/mol. The summed E-state index contributed by atoms with van der Waals surface area (Å²) in [5, 5.41) is 8.42. The molecule has 0 aromatic rings. The second-order valence-corrected chi connectivity index (χ2v) is 2.70. The van der Waals surface area contributed by atoms with Gasteiger partial charge in [0.15, 0.2) is 0 Å². The third-order valence-electron chi connectivity index (χ3n) is 2.06. The van der Waals surface area contributed by atoms with E-state index >= 15 is 0 Å². The molecule has 9 heavy (non-hydrogen) atoms. The van der Waals surface area contributed by atoms with Crippen molar-refractivity contribution in [2.75, 3.05) is 0 Å². The number of hydrogen-bond acceptors (Lipinski definition) is 2. The van der Waals surface area contributed by atoms with Crippen molar-refractivity contribution in [3.05, 3.63) is 0 Å². The molecule has 1 saturated carbocycles. The van der Waals surface area contributed by atoms with E-state index in [-0.39, 0.29) is 6.04 Å². The average Bonchev–Trinajstić information content (AvgIpc) is 2.37. The van der Waals surface area contributed by atoms with E-state index in [1.54, 1.807) is 0 Å². The second-order valence-electron chi connectivity index (χ2n) is 2.70. The van der Waals surface area contributed by atoms with Crippen LogP contribution >= 0.6 is 0 Å². The number of hydrogen-bond donors (Lipinski definition) is 1. The van der Waals surface area contributed by atoms with Gasteiger partial charge in [-0.25, -0.2) is 0 Å². The molecule has 0 aromatic carbocycles. The Morgan fingerprint density at radius 3 is 2.44 bits per heavy atom. The third-order valence-corrected chi connectivity index (χ3v) is 2.06. The highest BCUT2D eigenvalue weighted by molar-refractivity contribution is 4.93. The molecule has 1 atom stereocenters. The van der Waals surface area contributed by atoms with Gasteiger partial charge in [0.1, 0.15) is 0 Å². The molecular formula is C7H12N2. The van der Waals surface area contributed by atoms with Gasteiger partial charge >= 0.3 is 0 Å². The van der Waals surface area contributed by atoms with Crippen LogP contribution in [-0.4, -0.2) is 6.04 Å². The van der Waals surface area contributed by atoms with Gasteiger partial charge in [-0.1, -0.05) is 12.8 Å². The van der Waals surface area contributed by atoms with Crippen molar-refractivity contribution in [1.82, 2.24) is 0 Å². The average molecular weight is 124 g/mol. The van der Waals surface area contributed by atoms with Crippen molar-refractivity contribution >= 4 is 0 Å². The van der Waals surface area contributed by atoms with Crippen molar-refractivity contribution in [3.8, 4) is 6.07 Å². The maximum Gasteiger partial charge on any atom is 0.0956 e. The summed E-state index contributed by atoms with van der Waals surface area (Å²) in [6, 6.07) is 1.88. The largest absolute Gasteiger partial charge is 0.316 e. The van der Waals surface area contributed by atoms with E-state index in [0.29, 0.717) is 5.92 Å². The van der Waals surface area contributed by atoms with Crippen molar-refractivity contribution in [2.24, 2.45) is 11.7 Å². The lowest BCUT2D eigenvalue weighted by molar-refractivity contribution is 0.497. The topological polar surface area (TPSA) is 49.8 Å². The summed E-state index contributed by atoms with van der Waals surface area (Å²) in [7, 11) is 0. The summed E-state index contributed by atoms with van der Waals surface area (Å²) in [6.45, 7) is 0. The van der Waals surface area contributed by atoms with Gasteiger partial charge in [0.25, 0.3) is 0 Å². The van der Waals surface area contributed by atoms with E-state index in [2.05, 4.69) is 6.07 Å². The summed E-state index contributed by atoms with van der Waals surface area (Å²) in [5.41, 5.74) is 5.52. The zero-order chi connectivity index (χ0) is 6.69. The van der Waals surface area contributed by atoms with Crippen LogP contribution in [0.25, 0.3) is 0 Å². The molecule has 0 bridgehead atoms. The van der Waals surface area contributed by atoms with Gasteiger partial charge in [0, 0.05) is 0 Å². The molecule has 1 rings (SSSR count). The van der Waals surface area contributed by atoms with Crippen LogP contribution in [0.5, 0.6) is 0 Å². The van der Waals surface area contributed by atoms with Crippen LogP contribution < -0.4 is 5.73 Å². The van der Waals surface area contributed by atoms with Gasteiger partial charge in [0.05, 0.1) is 12.1 Å². The Hall–Kier alpha value is -0.550. The van der Waals surface area contributed by atoms with Gasteiger partial charge in [-0.15, -0.1) is 0 Å². The predicted molar refractivity (Wildman–Crippen MR) is 35.5 cm³/mol. The van der Waals surface area contributed by atoms with Gasteiger partial charge in [-0.05, 0) is 18.8 Å². The molecule has 1 fully saturated rings. The minimum atomic E-state index is -0.201. The fourth-order valence-electron chi connectivity index (χ4n) is 1.42. The number of nitrogens with zero attached hydrogens (tertiary/aromatic N) is 1. The molecule has 50 valence electrons. The molecule has 0 unspecified atom stereocenters. The molecule has 0 aliphatic heterocycles. The molecule has 1 aliphatic rings. The van der Waals surface area contributed by atoms with E-state index < -0.39 is 0 Å². The van der Waals surface area contributed by atoms with Gasteiger partial charge in [-0.3, -0.25) is 0 Å². The Bertz CT molecular complexity index is 119. The van der Waals surface area contributed by atoms with Crippen molar-refractivity contribution in [2.45, 2.75) is 31.7 Å². The monoisotopic (exact) mass is 124 g/mol. The van der Waals surface area contributed by atoms with Crippen LogP contribution in [0.2, 0.25) is 0 Å². The molecule has 2 nitrogen and oxygen atoms in total. The van der Waals surface area contributed by atoms with Crippen LogP contribution in [0.4, 0.5) is 0 Å². The Balaban J connectivity index is 2.34. The SMILES string of the molecule is N#C[C@@H](N)C1CCCC1. The van der Waals surface area contributed by atoms with Crippen molar-refractivity contribution in [3.63, 3.8) is 0 Å². The quantitative estimate of drug-likeness (QED) is 0.567.